The average Bonchev–Trinajstić information content (AvgIpc) is 3.20. The van der Waals surface area contributed by atoms with Crippen LogP contribution in [0.5, 0.6) is 0 Å². The van der Waals surface area contributed by atoms with Gasteiger partial charge in [-0.15, -0.1) is 11.3 Å². The van der Waals surface area contributed by atoms with Gasteiger partial charge in [-0.3, -0.25) is 4.79 Å². The average molecular weight is 452 g/mol. The van der Waals surface area contributed by atoms with Crippen molar-refractivity contribution < 1.29 is 9.90 Å². The second kappa shape index (κ2) is 7.41. The van der Waals surface area contributed by atoms with Crippen LogP contribution in [0.25, 0.3) is 0 Å². The summed E-state index contributed by atoms with van der Waals surface area (Å²) in [5, 5.41) is 20.6. The summed E-state index contributed by atoms with van der Waals surface area (Å²) in [5.74, 6) is 1.38. The third-order valence-corrected chi connectivity index (χ3v) is 8.29. The van der Waals surface area contributed by atoms with Crippen LogP contribution in [0.15, 0.2) is 23.6 Å². The van der Waals surface area contributed by atoms with Gasteiger partial charge in [0.25, 0.3) is 5.91 Å². The maximum absolute atomic E-state index is 12.9. The van der Waals surface area contributed by atoms with Gasteiger partial charge in [0.15, 0.2) is 5.13 Å². The summed E-state index contributed by atoms with van der Waals surface area (Å²) in [5.41, 5.74) is 0.685. The molecular weight excluding hydrogens is 429 g/mol. The van der Waals surface area contributed by atoms with Gasteiger partial charge in [-0.05, 0) is 74.5 Å². The lowest BCUT2D eigenvalue weighted by molar-refractivity contribution is -0.00594. The lowest BCUT2D eigenvalue weighted by atomic mass is 9.77. The van der Waals surface area contributed by atoms with Gasteiger partial charge >= 0.3 is 0 Å². The van der Waals surface area contributed by atoms with Crippen molar-refractivity contribution in [1.82, 2.24) is 10.3 Å². The monoisotopic (exact) mass is 451 g/mol. The summed E-state index contributed by atoms with van der Waals surface area (Å²) in [4.78, 5) is 17.3. The highest BCUT2D eigenvalue weighted by Gasteiger charge is 2.53. The Balaban J connectivity index is 1.26. The summed E-state index contributed by atoms with van der Waals surface area (Å²) in [7, 11) is 0. The molecule has 3 N–H and O–H groups in total. The van der Waals surface area contributed by atoms with E-state index in [1.54, 1.807) is 17.5 Å². The van der Waals surface area contributed by atoms with Crippen LogP contribution in [-0.2, 0) is 0 Å². The number of benzene rings is 1. The Bertz CT molecular complexity index is 952. The van der Waals surface area contributed by atoms with E-state index in [0.29, 0.717) is 38.6 Å². The first-order chi connectivity index (χ1) is 13.9. The number of hydrogen-bond donors (Lipinski definition) is 3. The van der Waals surface area contributed by atoms with Crippen molar-refractivity contribution in [3.63, 3.8) is 0 Å². The Morgan fingerprint density at radius 3 is 2.90 bits per heavy atom. The second-order valence-electron chi connectivity index (χ2n) is 8.81. The fourth-order valence-corrected chi connectivity index (χ4v) is 6.69. The third kappa shape index (κ3) is 3.88. The minimum absolute atomic E-state index is 0.125. The number of anilines is 2. The maximum atomic E-state index is 12.9. The van der Waals surface area contributed by atoms with Crippen LogP contribution in [0.2, 0.25) is 10.0 Å². The lowest BCUT2D eigenvalue weighted by Crippen LogP contribution is -2.42. The van der Waals surface area contributed by atoms with E-state index < -0.39 is 5.60 Å². The smallest absolute Gasteiger partial charge is 0.271 e. The molecule has 0 spiro atoms. The van der Waals surface area contributed by atoms with Gasteiger partial charge in [0.1, 0.15) is 5.69 Å². The van der Waals surface area contributed by atoms with Crippen molar-refractivity contribution >= 4 is 51.3 Å². The highest BCUT2D eigenvalue weighted by molar-refractivity contribution is 7.14. The molecule has 3 aliphatic rings. The molecule has 3 fully saturated rings. The van der Waals surface area contributed by atoms with Crippen molar-refractivity contribution in [1.29, 1.82) is 0 Å². The lowest BCUT2D eigenvalue weighted by Gasteiger charge is -2.33. The Morgan fingerprint density at radius 2 is 2.07 bits per heavy atom. The molecule has 1 heterocycles. The van der Waals surface area contributed by atoms with E-state index in [1.165, 1.54) is 17.8 Å². The quantitative estimate of drug-likeness (QED) is 0.592. The van der Waals surface area contributed by atoms with Crippen LogP contribution in [-0.4, -0.2) is 27.6 Å². The van der Waals surface area contributed by atoms with Crippen molar-refractivity contribution in [3.8, 4) is 0 Å². The molecule has 1 amide bonds. The van der Waals surface area contributed by atoms with Crippen molar-refractivity contribution in [2.75, 3.05) is 5.32 Å². The Hall–Kier alpha value is -1.34. The van der Waals surface area contributed by atoms with Crippen LogP contribution in [0.1, 0.15) is 49.0 Å². The predicted molar refractivity (Wildman–Crippen MR) is 116 cm³/mol. The molecule has 3 unspecified atom stereocenters. The third-order valence-electron chi connectivity index (χ3n) is 6.79. The first kappa shape index (κ1) is 19.6. The van der Waals surface area contributed by atoms with E-state index in [9.17, 15) is 9.90 Å². The predicted octanol–water partition coefficient (Wildman–Crippen LogP) is 5.25. The molecule has 0 aliphatic heterocycles. The zero-order valence-electron chi connectivity index (χ0n) is 15.8. The molecule has 5 rings (SSSR count). The van der Waals surface area contributed by atoms with Crippen LogP contribution in [0.4, 0.5) is 10.8 Å². The number of thiazole rings is 1. The van der Waals surface area contributed by atoms with E-state index in [-0.39, 0.29) is 11.9 Å². The van der Waals surface area contributed by atoms with E-state index in [2.05, 4.69) is 15.6 Å². The molecule has 0 saturated heterocycles. The maximum Gasteiger partial charge on any atom is 0.271 e. The molecule has 0 radical (unpaired) electrons. The fraction of sp³-hybridized carbons (Fsp3) is 0.524. The van der Waals surface area contributed by atoms with Crippen molar-refractivity contribution in [3.05, 3.63) is 39.3 Å². The number of hydrogen-bond acceptors (Lipinski definition) is 5. The van der Waals surface area contributed by atoms with Crippen LogP contribution in [0, 0.1) is 17.8 Å². The van der Waals surface area contributed by atoms with Gasteiger partial charge in [-0.1, -0.05) is 23.2 Å². The normalized spacial score (nSPS) is 32.8. The second-order valence-corrected chi connectivity index (χ2v) is 10.5. The van der Waals surface area contributed by atoms with Crippen molar-refractivity contribution in [2.24, 2.45) is 17.8 Å². The van der Waals surface area contributed by atoms with Crippen LogP contribution >= 0.6 is 34.5 Å². The highest BCUT2D eigenvalue weighted by atomic mass is 35.5. The SMILES string of the molecule is O=C(N[C@H]1CCC2CC3C[C@@](O)(C2)CC31)c1csc(Nc2ccc(Cl)c(Cl)c2)n1. The van der Waals surface area contributed by atoms with Crippen LogP contribution in [0.3, 0.4) is 0 Å². The van der Waals surface area contributed by atoms with Gasteiger partial charge in [-0.2, -0.15) is 0 Å². The first-order valence-corrected chi connectivity index (χ1v) is 11.7. The van der Waals surface area contributed by atoms with Gasteiger partial charge in [-0.25, -0.2) is 4.98 Å². The molecule has 5 nitrogen and oxygen atoms in total. The number of nitrogens with one attached hydrogen (secondary N) is 2. The number of aromatic nitrogens is 1. The molecule has 1 aromatic heterocycles. The van der Waals surface area contributed by atoms with Crippen molar-refractivity contribution in [2.45, 2.75) is 50.2 Å². The molecule has 1 aromatic carbocycles. The summed E-state index contributed by atoms with van der Waals surface area (Å²) in [6.07, 6.45) is 5.94. The molecule has 5 atom stereocenters. The number of fused-ring (bicyclic) bond motifs is 2. The van der Waals surface area contributed by atoms with E-state index in [1.807, 2.05) is 6.07 Å². The largest absolute Gasteiger partial charge is 0.390 e. The molecule has 2 aromatic rings. The molecule has 29 heavy (non-hydrogen) atoms. The van der Waals surface area contributed by atoms with Crippen LogP contribution < -0.4 is 10.6 Å². The summed E-state index contributed by atoms with van der Waals surface area (Å²) in [6, 6.07) is 5.39. The zero-order valence-corrected chi connectivity index (χ0v) is 18.2. The first-order valence-electron chi connectivity index (χ1n) is 10.1. The molecule has 3 saturated carbocycles. The fourth-order valence-electron chi connectivity index (χ4n) is 5.68. The van der Waals surface area contributed by atoms with E-state index >= 15 is 0 Å². The summed E-state index contributed by atoms with van der Waals surface area (Å²) < 4.78 is 0. The number of nitrogens with zero attached hydrogens (tertiary/aromatic N) is 1. The van der Waals surface area contributed by atoms with Gasteiger partial charge in [0.05, 0.1) is 15.6 Å². The Morgan fingerprint density at radius 1 is 1.21 bits per heavy atom. The molecule has 154 valence electrons. The number of carbonyl (C=O) groups excluding carboxylic acids is 1. The molecule has 8 heteroatoms. The minimum atomic E-state index is -0.501. The number of halogens is 2. The van der Waals surface area contributed by atoms with E-state index in [0.717, 1.165) is 37.8 Å². The summed E-state index contributed by atoms with van der Waals surface area (Å²) in [6.45, 7) is 0. The standard InChI is InChI=1S/C21H23Cl2N3O2S/c22-15-3-2-13(6-16(15)23)24-20-26-18(10-29-20)19(27)25-17-4-1-11-5-12-8-21(28,7-11)9-14(12)17/h2-3,6,10-12,14,17,28H,1,4-5,7-9H2,(H,24,26)(H,25,27)/t11?,12?,14?,17-,21-/m0/s1. The van der Waals surface area contributed by atoms with Gasteiger partial charge in [0, 0.05) is 17.1 Å². The zero-order chi connectivity index (χ0) is 20.2. The number of carbonyl (C=O) groups is 1. The molecule has 3 bridgehead atoms. The minimum Gasteiger partial charge on any atom is -0.390 e. The topological polar surface area (TPSA) is 74.2 Å². The van der Waals surface area contributed by atoms with Gasteiger partial charge in [0.2, 0.25) is 0 Å². The molecule has 3 aliphatic carbocycles. The molecular formula is C21H23Cl2N3O2S. The highest BCUT2D eigenvalue weighted by Crippen LogP contribution is 2.55. The van der Waals surface area contributed by atoms with Gasteiger partial charge < -0.3 is 15.7 Å². The summed E-state index contributed by atoms with van der Waals surface area (Å²) >= 11 is 13.4. The number of aliphatic hydroxyl groups is 1. The number of rotatable bonds is 4. The Kier molecular flexibility index (Phi) is 5.01. The Labute approximate surface area is 183 Å². The van der Waals surface area contributed by atoms with E-state index in [4.69, 9.17) is 23.2 Å². The number of amides is 1.